The number of aliphatic hydroxyl groups excluding tert-OH is 1. The van der Waals surface area contributed by atoms with Crippen LogP contribution >= 0.6 is 0 Å². The first-order valence-corrected chi connectivity index (χ1v) is 5.82. The van der Waals surface area contributed by atoms with Crippen LogP contribution < -0.4 is 5.32 Å². The summed E-state index contributed by atoms with van der Waals surface area (Å²) < 4.78 is 0. The molecule has 0 aromatic heterocycles. The molecule has 1 heterocycles. The van der Waals surface area contributed by atoms with Crippen molar-refractivity contribution in [3.63, 3.8) is 0 Å². The van der Waals surface area contributed by atoms with Crippen molar-refractivity contribution in [2.75, 3.05) is 27.2 Å². The van der Waals surface area contributed by atoms with Crippen LogP contribution in [0.25, 0.3) is 0 Å². The molecule has 1 aliphatic heterocycles. The molecule has 1 aliphatic rings. The van der Waals surface area contributed by atoms with E-state index in [0.717, 1.165) is 25.1 Å². The zero-order valence-corrected chi connectivity index (χ0v) is 10.0. The Kier molecular flexibility index (Phi) is 3.59. The number of nitrogens with zero attached hydrogens (tertiary/aromatic N) is 1. The molecule has 0 aliphatic carbocycles. The van der Waals surface area contributed by atoms with E-state index in [0.29, 0.717) is 6.54 Å². The molecule has 3 nitrogen and oxygen atoms in total. The quantitative estimate of drug-likeness (QED) is 0.795. The molecule has 0 saturated heterocycles. The lowest BCUT2D eigenvalue weighted by Gasteiger charge is -2.21. The third-order valence-electron chi connectivity index (χ3n) is 3.04. The minimum absolute atomic E-state index is 0.387. The average Bonchev–Trinajstić information content (AvgIpc) is 2.27. The average molecular weight is 220 g/mol. The maximum absolute atomic E-state index is 10.0. The van der Waals surface area contributed by atoms with E-state index in [1.54, 1.807) is 0 Å². The molecule has 2 N–H and O–H groups in total. The maximum Gasteiger partial charge on any atom is 0.0916 e. The maximum atomic E-state index is 10.0. The summed E-state index contributed by atoms with van der Waals surface area (Å²) in [6.45, 7) is 2.66. The van der Waals surface area contributed by atoms with Gasteiger partial charge in [-0.15, -0.1) is 0 Å². The highest BCUT2D eigenvalue weighted by molar-refractivity contribution is 5.34. The zero-order chi connectivity index (χ0) is 11.5. The van der Waals surface area contributed by atoms with Crippen molar-refractivity contribution in [3.8, 4) is 0 Å². The van der Waals surface area contributed by atoms with Gasteiger partial charge in [-0.1, -0.05) is 18.2 Å². The van der Waals surface area contributed by atoms with Crippen LogP contribution in [0.3, 0.4) is 0 Å². The smallest absolute Gasteiger partial charge is 0.0916 e. The summed E-state index contributed by atoms with van der Waals surface area (Å²) in [5, 5.41) is 13.4. The predicted molar refractivity (Wildman–Crippen MR) is 65.4 cm³/mol. The second-order valence-corrected chi connectivity index (χ2v) is 4.73. The van der Waals surface area contributed by atoms with Gasteiger partial charge < -0.3 is 15.3 Å². The lowest BCUT2D eigenvalue weighted by atomic mass is 9.96. The molecule has 0 radical (unpaired) electrons. The fourth-order valence-corrected chi connectivity index (χ4v) is 2.16. The van der Waals surface area contributed by atoms with Gasteiger partial charge in [0.1, 0.15) is 0 Å². The summed E-state index contributed by atoms with van der Waals surface area (Å²) in [4.78, 5) is 2.00. The molecule has 1 atom stereocenters. The first-order valence-electron chi connectivity index (χ1n) is 5.82. The molecule has 0 saturated carbocycles. The third kappa shape index (κ3) is 2.61. The first-order chi connectivity index (χ1) is 7.66. The second-order valence-electron chi connectivity index (χ2n) is 4.73. The van der Waals surface area contributed by atoms with E-state index in [1.165, 1.54) is 11.1 Å². The minimum Gasteiger partial charge on any atom is -0.387 e. The Bertz CT molecular complexity index is 363. The van der Waals surface area contributed by atoms with E-state index in [-0.39, 0.29) is 6.10 Å². The summed E-state index contributed by atoms with van der Waals surface area (Å²) in [7, 11) is 3.95. The van der Waals surface area contributed by atoms with Crippen LogP contribution in [0.2, 0.25) is 0 Å². The van der Waals surface area contributed by atoms with Crippen molar-refractivity contribution in [1.82, 2.24) is 10.2 Å². The van der Waals surface area contributed by atoms with Gasteiger partial charge in [0.25, 0.3) is 0 Å². The van der Waals surface area contributed by atoms with Gasteiger partial charge in [0, 0.05) is 13.1 Å². The fourth-order valence-electron chi connectivity index (χ4n) is 2.16. The number of fused-ring (bicyclic) bond motifs is 1. The van der Waals surface area contributed by atoms with Gasteiger partial charge in [0.2, 0.25) is 0 Å². The monoisotopic (exact) mass is 220 g/mol. The van der Waals surface area contributed by atoms with Crippen molar-refractivity contribution in [3.05, 3.63) is 34.9 Å². The van der Waals surface area contributed by atoms with Crippen molar-refractivity contribution < 1.29 is 5.11 Å². The molecule has 2 rings (SSSR count). The van der Waals surface area contributed by atoms with Crippen molar-refractivity contribution >= 4 is 0 Å². The number of hydrogen-bond donors (Lipinski definition) is 2. The fraction of sp³-hybridized carbons (Fsp3) is 0.538. The van der Waals surface area contributed by atoms with Gasteiger partial charge in [0.15, 0.2) is 0 Å². The number of aliphatic hydroxyl groups is 1. The van der Waals surface area contributed by atoms with Crippen molar-refractivity contribution in [1.29, 1.82) is 0 Å². The standard InChI is InChI=1S/C13H20N2O/c1-15(2)9-13(16)11-4-3-10-5-6-14-8-12(10)7-11/h3-4,7,13-14,16H,5-6,8-9H2,1-2H3. The summed E-state index contributed by atoms with van der Waals surface area (Å²) in [5.74, 6) is 0. The van der Waals surface area contributed by atoms with Crippen LogP contribution in [0.1, 0.15) is 22.8 Å². The molecule has 0 bridgehead atoms. The first kappa shape index (κ1) is 11.6. The van der Waals surface area contributed by atoms with Crippen molar-refractivity contribution in [2.45, 2.75) is 19.1 Å². The largest absolute Gasteiger partial charge is 0.387 e. The van der Waals surface area contributed by atoms with E-state index < -0.39 is 0 Å². The van der Waals surface area contributed by atoms with E-state index in [4.69, 9.17) is 0 Å². The van der Waals surface area contributed by atoms with Gasteiger partial charge in [-0.3, -0.25) is 0 Å². The van der Waals surface area contributed by atoms with Gasteiger partial charge >= 0.3 is 0 Å². The van der Waals surface area contributed by atoms with E-state index in [2.05, 4.69) is 23.5 Å². The Labute approximate surface area is 97.1 Å². The van der Waals surface area contributed by atoms with Crippen molar-refractivity contribution in [2.24, 2.45) is 0 Å². The Hall–Kier alpha value is -0.900. The number of nitrogens with one attached hydrogen (secondary N) is 1. The highest BCUT2D eigenvalue weighted by atomic mass is 16.3. The van der Waals surface area contributed by atoms with E-state index >= 15 is 0 Å². The lowest BCUT2D eigenvalue weighted by Crippen LogP contribution is -2.24. The van der Waals surface area contributed by atoms with Gasteiger partial charge in [-0.2, -0.15) is 0 Å². The molecule has 88 valence electrons. The predicted octanol–water partition coefficient (Wildman–Crippen LogP) is 0.927. The highest BCUT2D eigenvalue weighted by Crippen LogP contribution is 2.20. The zero-order valence-electron chi connectivity index (χ0n) is 10.0. The molecule has 0 amide bonds. The lowest BCUT2D eigenvalue weighted by molar-refractivity contribution is 0.138. The summed E-state index contributed by atoms with van der Waals surface area (Å²) >= 11 is 0. The number of rotatable bonds is 3. The Morgan fingerprint density at radius 2 is 2.19 bits per heavy atom. The SMILES string of the molecule is CN(C)CC(O)c1ccc2c(c1)CNCC2. The molecule has 1 unspecified atom stereocenters. The molecular weight excluding hydrogens is 200 g/mol. The Morgan fingerprint density at radius 3 is 2.94 bits per heavy atom. The summed E-state index contributed by atoms with van der Waals surface area (Å²) in [6.07, 6.45) is 0.710. The number of likely N-dealkylation sites (N-methyl/N-ethyl adjacent to an activating group) is 1. The number of benzene rings is 1. The normalized spacial score (nSPS) is 17.2. The molecular formula is C13H20N2O. The Balaban J connectivity index is 2.16. The topological polar surface area (TPSA) is 35.5 Å². The molecule has 0 fully saturated rings. The van der Waals surface area contributed by atoms with Gasteiger partial charge in [0.05, 0.1) is 6.10 Å². The molecule has 16 heavy (non-hydrogen) atoms. The molecule has 0 spiro atoms. The molecule has 1 aromatic rings. The third-order valence-corrected chi connectivity index (χ3v) is 3.04. The second kappa shape index (κ2) is 4.95. The van der Waals surface area contributed by atoms with Crippen LogP contribution in [0, 0.1) is 0 Å². The summed E-state index contributed by atoms with van der Waals surface area (Å²) in [6, 6.07) is 6.35. The van der Waals surface area contributed by atoms with Crippen LogP contribution in [-0.4, -0.2) is 37.2 Å². The molecule has 3 heteroatoms. The van der Waals surface area contributed by atoms with Crippen LogP contribution in [0.15, 0.2) is 18.2 Å². The van der Waals surface area contributed by atoms with Crippen LogP contribution in [0.4, 0.5) is 0 Å². The highest BCUT2D eigenvalue weighted by Gasteiger charge is 2.13. The number of hydrogen-bond acceptors (Lipinski definition) is 3. The van der Waals surface area contributed by atoms with Gasteiger partial charge in [-0.25, -0.2) is 0 Å². The van der Waals surface area contributed by atoms with Gasteiger partial charge in [-0.05, 0) is 43.8 Å². The van der Waals surface area contributed by atoms with Crippen LogP contribution in [0.5, 0.6) is 0 Å². The molecule has 1 aromatic carbocycles. The van der Waals surface area contributed by atoms with E-state index in [1.807, 2.05) is 19.0 Å². The minimum atomic E-state index is -0.387. The Morgan fingerprint density at radius 1 is 1.38 bits per heavy atom. The van der Waals surface area contributed by atoms with Crippen LogP contribution in [-0.2, 0) is 13.0 Å². The summed E-state index contributed by atoms with van der Waals surface area (Å²) in [5.41, 5.74) is 3.78. The van der Waals surface area contributed by atoms with E-state index in [9.17, 15) is 5.11 Å².